The molecule has 22 heavy (non-hydrogen) atoms. The van der Waals surface area contributed by atoms with E-state index in [9.17, 15) is 0 Å². The van der Waals surface area contributed by atoms with Crippen molar-refractivity contribution in [3.63, 3.8) is 0 Å². The van der Waals surface area contributed by atoms with E-state index in [1.165, 1.54) is 31.6 Å². The Bertz CT molecular complexity index is 395. The molecule has 2 rings (SSSR count). The Balaban J connectivity index is 0.00000220. The summed E-state index contributed by atoms with van der Waals surface area (Å²) in [4.78, 5) is 5.06. The molecular formula is C16H27Cl3N2S. The maximum Gasteiger partial charge on any atom is 0.0526 e. The van der Waals surface area contributed by atoms with Crippen molar-refractivity contribution in [3.05, 3.63) is 34.9 Å². The molecule has 1 heterocycles. The summed E-state index contributed by atoms with van der Waals surface area (Å²) < 4.78 is 0. The lowest BCUT2D eigenvalue weighted by Crippen LogP contribution is -2.49. The first-order valence-corrected chi connectivity index (χ1v) is 8.47. The second-order valence-electron chi connectivity index (χ2n) is 5.50. The average molecular weight is 386 g/mol. The van der Waals surface area contributed by atoms with Gasteiger partial charge in [0.1, 0.15) is 0 Å². The maximum absolute atomic E-state index is 5.90. The second kappa shape index (κ2) is 11.8. The number of halogens is 3. The Hall–Kier alpha value is 0.360. The summed E-state index contributed by atoms with van der Waals surface area (Å²) in [6.07, 6.45) is 3.49. The van der Waals surface area contributed by atoms with Gasteiger partial charge >= 0.3 is 0 Å². The van der Waals surface area contributed by atoms with E-state index in [1.807, 2.05) is 12.1 Å². The minimum atomic E-state index is 0. The van der Waals surface area contributed by atoms with Gasteiger partial charge in [0.2, 0.25) is 0 Å². The van der Waals surface area contributed by atoms with E-state index >= 15 is 0 Å². The third-order valence-corrected chi connectivity index (χ3v) is 4.99. The van der Waals surface area contributed by atoms with E-state index in [-0.39, 0.29) is 24.8 Å². The fraction of sp³-hybridized carbons (Fsp3) is 0.625. The molecule has 1 atom stereocenters. The first kappa shape index (κ1) is 22.4. The molecule has 0 bridgehead atoms. The topological polar surface area (TPSA) is 6.48 Å². The fourth-order valence-electron chi connectivity index (χ4n) is 2.70. The quantitative estimate of drug-likeness (QED) is 0.725. The third-order valence-electron chi connectivity index (χ3n) is 4.05. The van der Waals surface area contributed by atoms with Gasteiger partial charge in [-0.25, -0.2) is 0 Å². The van der Waals surface area contributed by atoms with Crippen LogP contribution in [0.3, 0.4) is 0 Å². The summed E-state index contributed by atoms with van der Waals surface area (Å²) in [7, 11) is 0. The van der Waals surface area contributed by atoms with Gasteiger partial charge < -0.3 is 4.90 Å². The van der Waals surface area contributed by atoms with Gasteiger partial charge in [0.05, 0.1) is 5.37 Å². The van der Waals surface area contributed by atoms with Crippen molar-refractivity contribution >= 4 is 49.0 Å². The van der Waals surface area contributed by atoms with Gasteiger partial charge in [-0.1, -0.05) is 30.7 Å². The van der Waals surface area contributed by atoms with Crippen LogP contribution in [0.25, 0.3) is 0 Å². The number of hydrogen-bond acceptors (Lipinski definition) is 3. The van der Waals surface area contributed by atoms with Gasteiger partial charge in [-0.05, 0) is 43.5 Å². The molecule has 6 heteroatoms. The molecule has 0 spiro atoms. The molecule has 0 aromatic heterocycles. The van der Waals surface area contributed by atoms with Crippen molar-refractivity contribution in [2.45, 2.75) is 31.6 Å². The van der Waals surface area contributed by atoms with Gasteiger partial charge in [0.15, 0.2) is 0 Å². The molecule has 2 nitrogen and oxygen atoms in total. The summed E-state index contributed by atoms with van der Waals surface area (Å²) in [6, 6.07) is 8.22. The highest BCUT2D eigenvalue weighted by Gasteiger charge is 2.19. The highest BCUT2D eigenvalue weighted by molar-refractivity contribution is 7.80. The maximum atomic E-state index is 5.90. The molecule has 1 unspecified atom stereocenters. The molecule has 1 aromatic carbocycles. The zero-order valence-corrected chi connectivity index (χ0v) is 16.4. The second-order valence-corrected chi connectivity index (χ2v) is 6.53. The minimum Gasteiger partial charge on any atom is -0.301 e. The van der Waals surface area contributed by atoms with Crippen LogP contribution in [0.2, 0.25) is 5.02 Å². The zero-order chi connectivity index (χ0) is 14.4. The van der Waals surface area contributed by atoms with Gasteiger partial charge in [0.25, 0.3) is 0 Å². The lowest BCUT2D eigenvalue weighted by atomic mass is 10.1. The zero-order valence-electron chi connectivity index (χ0n) is 13.1. The monoisotopic (exact) mass is 384 g/mol. The van der Waals surface area contributed by atoms with E-state index in [1.54, 1.807) is 0 Å². The molecule has 1 aliphatic heterocycles. The predicted molar refractivity (Wildman–Crippen MR) is 105 cm³/mol. The van der Waals surface area contributed by atoms with Crippen molar-refractivity contribution in [1.29, 1.82) is 0 Å². The molecule has 1 aliphatic rings. The van der Waals surface area contributed by atoms with Crippen molar-refractivity contribution < 1.29 is 0 Å². The molecule has 0 N–H and O–H groups in total. The van der Waals surface area contributed by atoms with Crippen LogP contribution in [0.5, 0.6) is 0 Å². The van der Waals surface area contributed by atoms with E-state index < -0.39 is 0 Å². The smallest absolute Gasteiger partial charge is 0.0526 e. The van der Waals surface area contributed by atoms with Crippen molar-refractivity contribution in [3.8, 4) is 0 Å². The number of aryl methyl sites for hydroxylation is 1. The van der Waals surface area contributed by atoms with Gasteiger partial charge in [-0.2, -0.15) is 12.6 Å². The number of thiol groups is 1. The number of rotatable bonds is 6. The molecule has 1 aromatic rings. The van der Waals surface area contributed by atoms with Crippen molar-refractivity contribution in [2.75, 3.05) is 32.7 Å². The van der Waals surface area contributed by atoms with Gasteiger partial charge in [-0.15, -0.1) is 24.8 Å². The highest BCUT2D eigenvalue weighted by atomic mass is 35.5. The summed E-state index contributed by atoms with van der Waals surface area (Å²) in [5.74, 6) is 0. The van der Waals surface area contributed by atoms with Crippen molar-refractivity contribution in [1.82, 2.24) is 9.80 Å². The predicted octanol–water partition coefficient (Wildman–Crippen LogP) is 4.40. The molecule has 128 valence electrons. The molecular weight excluding hydrogens is 359 g/mol. The van der Waals surface area contributed by atoms with Gasteiger partial charge in [-0.3, -0.25) is 4.90 Å². The normalized spacial score (nSPS) is 17.4. The SMILES string of the molecule is CCC(S)N1CCN(CCCc2ccc(Cl)cc2)CC1.Cl.Cl. The molecule has 0 amide bonds. The summed E-state index contributed by atoms with van der Waals surface area (Å²) >= 11 is 10.5. The Morgan fingerprint density at radius 2 is 1.68 bits per heavy atom. The lowest BCUT2D eigenvalue weighted by molar-refractivity contribution is 0.122. The molecule has 0 radical (unpaired) electrons. The van der Waals surface area contributed by atoms with E-state index in [0.717, 1.165) is 31.0 Å². The van der Waals surface area contributed by atoms with Crippen LogP contribution in [0.1, 0.15) is 25.3 Å². The molecule has 0 aliphatic carbocycles. The van der Waals surface area contributed by atoms with Crippen LogP contribution in [-0.4, -0.2) is 47.9 Å². The molecule has 1 saturated heterocycles. The molecule has 1 fully saturated rings. The minimum absolute atomic E-state index is 0. The number of benzene rings is 1. The van der Waals surface area contributed by atoms with Crippen LogP contribution in [0.4, 0.5) is 0 Å². The molecule has 0 saturated carbocycles. The Kier molecular flexibility index (Phi) is 12.0. The Morgan fingerprint density at radius 1 is 1.09 bits per heavy atom. The van der Waals surface area contributed by atoms with Gasteiger partial charge in [0, 0.05) is 31.2 Å². The largest absolute Gasteiger partial charge is 0.301 e. The summed E-state index contributed by atoms with van der Waals surface area (Å²) in [5.41, 5.74) is 1.38. The summed E-state index contributed by atoms with van der Waals surface area (Å²) in [6.45, 7) is 8.07. The highest BCUT2D eigenvalue weighted by Crippen LogP contribution is 2.14. The first-order chi connectivity index (χ1) is 9.69. The van der Waals surface area contributed by atoms with E-state index in [0.29, 0.717) is 5.37 Å². The third kappa shape index (κ3) is 7.29. The standard InChI is InChI=1S/C16H25ClN2S.2ClH/c1-2-16(20)19-12-10-18(11-13-19)9-3-4-14-5-7-15(17)8-6-14;;/h5-8,16,20H,2-4,9-13H2,1H3;2*1H. The Labute approximate surface area is 157 Å². The fourth-order valence-corrected chi connectivity index (χ4v) is 3.06. The van der Waals surface area contributed by atoms with Crippen LogP contribution < -0.4 is 0 Å². The summed E-state index contributed by atoms with van der Waals surface area (Å²) in [5, 5.41) is 1.26. The number of hydrogen-bond donors (Lipinski definition) is 1. The van der Waals surface area contributed by atoms with Crippen LogP contribution in [0, 0.1) is 0 Å². The van der Waals surface area contributed by atoms with Crippen LogP contribution in [-0.2, 0) is 6.42 Å². The lowest BCUT2D eigenvalue weighted by Gasteiger charge is -2.37. The Morgan fingerprint density at radius 3 is 2.23 bits per heavy atom. The van der Waals surface area contributed by atoms with E-state index in [2.05, 4.69) is 41.5 Å². The van der Waals surface area contributed by atoms with Crippen molar-refractivity contribution in [2.24, 2.45) is 0 Å². The number of nitrogens with zero attached hydrogens (tertiary/aromatic N) is 2. The van der Waals surface area contributed by atoms with Crippen LogP contribution in [0.15, 0.2) is 24.3 Å². The number of piperazine rings is 1. The first-order valence-electron chi connectivity index (χ1n) is 7.58. The van der Waals surface area contributed by atoms with Crippen LogP contribution >= 0.6 is 49.0 Å². The van der Waals surface area contributed by atoms with E-state index in [4.69, 9.17) is 11.6 Å². The average Bonchev–Trinajstić information content (AvgIpc) is 2.49.